The number of hydrogen-bond acceptors (Lipinski definition) is 3. The molecule has 0 unspecified atom stereocenters. The smallest absolute Gasteiger partial charge is 0.319 e. The molecule has 25 heavy (non-hydrogen) atoms. The van der Waals surface area contributed by atoms with E-state index in [4.69, 9.17) is 5.73 Å². The number of carbonyl (C=O) groups excluding carboxylic acids is 2. The van der Waals surface area contributed by atoms with E-state index in [-0.39, 0.29) is 18.0 Å². The van der Waals surface area contributed by atoms with Crippen molar-refractivity contribution in [1.82, 2.24) is 5.32 Å². The number of anilines is 3. The number of rotatable bonds is 6. The Morgan fingerprint density at radius 2 is 1.56 bits per heavy atom. The number of nitrogens with two attached hydrogens (primary N) is 1. The second-order valence-corrected chi connectivity index (χ2v) is 6.05. The SMILES string of the molecule is CC(C)NC(=O)Nc1ccccc1NC(=O)CCc1ccccc1N. The zero-order chi connectivity index (χ0) is 18.2. The molecule has 0 aliphatic rings. The summed E-state index contributed by atoms with van der Waals surface area (Å²) in [6.07, 6.45) is 0.864. The van der Waals surface area contributed by atoms with E-state index in [1.165, 1.54) is 0 Å². The molecular weight excluding hydrogens is 316 g/mol. The Balaban J connectivity index is 1.96. The Kier molecular flexibility index (Phi) is 6.39. The van der Waals surface area contributed by atoms with Crippen LogP contribution in [0.3, 0.4) is 0 Å². The van der Waals surface area contributed by atoms with Crippen LogP contribution in [0.4, 0.5) is 21.9 Å². The maximum atomic E-state index is 12.2. The van der Waals surface area contributed by atoms with E-state index in [0.717, 1.165) is 5.56 Å². The van der Waals surface area contributed by atoms with E-state index in [9.17, 15) is 9.59 Å². The van der Waals surface area contributed by atoms with Crippen LogP contribution in [-0.2, 0) is 11.2 Å². The lowest BCUT2D eigenvalue weighted by Crippen LogP contribution is -2.34. The Morgan fingerprint density at radius 1 is 0.960 bits per heavy atom. The van der Waals surface area contributed by atoms with Gasteiger partial charge in [-0.3, -0.25) is 4.79 Å². The first-order valence-electron chi connectivity index (χ1n) is 8.25. The zero-order valence-corrected chi connectivity index (χ0v) is 14.5. The fourth-order valence-electron chi connectivity index (χ4n) is 2.34. The average molecular weight is 340 g/mol. The van der Waals surface area contributed by atoms with Gasteiger partial charge in [-0.15, -0.1) is 0 Å². The van der Waals surface area contributed by atoms with Gasteiger partial charge in [0.25, 0.3) is 0 Å². The van der Waals surface area contributed by atoms with Crippen LogP contribution >= 0.6 is 0 Å². The lowest BCUT2D eigenvalue weighted by atomic mass is 10.1. The molecule has 0 radical (unpaired) electrons. The predicted molar refractivity (Wildman–Crippen MR) is 102 cm³/mol. The number of carbonyl (C=O) groups is 2. The summed E-state index contributed by atoms with van der Waals surface area (Å²) in [6.45, 7) is 3.76. The van der Waals surface area contributed by atoms with Crippen molar-refractivity contribution in [2.75, 3.05) is 16.4 Å². The van der Waals surface area contributed by atoms with Gasteiger partial charge in [-0.1, -0.05) is 30.3 Å². The van der Waals surface area contributed by atoms with E-state index in [1.807, 2.05) is 38.1 Å². The topological polar surface area (TPSA) is 96.2 Å². The molecular formula is C19H24N4O2. The fourth-order valence-corrected chi connectivity index (χ4v) is 2.34. The molecule has 0 bridgehead atoms. The van der Waals surface area contributed by atoms with Gasteiger partial charge in [0.15, 0.2) is 0 Å². The van der Waals surface area contributed by atoms with E-state index in [2.05, 4.69) is 16.0 Å². The molecule has 3 amide bonds. The third-order valence-electron chi connectivity index (χ3n) is 3.55. The number of amides is 3. The highest BCUT2D eigenvalue weighted by atomic mass is 16.2. The molecule has 0 atom stereocenters. The second-order valence-electron chi connectivity index (χ2n) is 6.05. The molecule has 2 rings (SSSR count). The van der Waals surface area contributed by atoms with E-state index in [1.54, 1.807) is 24.3 Å². The number of para-hydroxylation sites is 3. The summed E-state index contributed by atoms with van der Waals surface area (Å²) in [6, 6.07) is 14.3. The molecule has 5 N–H and O–H groups in total. The lowest BCUT2D eigenvalue weighted by molar-refractivity contribution is -0.116. The summed E-state index contributed by atoms with van der Waals surface area (Å²) in [5.41, 5.74) is 8.63. The number of aryl methyl sites for hydroxylation is 1. The van der Waals surface area contributed by atoms with Crippen LogP contribution in [0, 0.1) is 0 Å². The third-order valence-corrected chi connectivity index (χ3v) is 3.55. The minimum Gasteiger partial charge on any atom is -0.399 e. The zero-order valence-electron chi connectivity index (χ0n) is 14.5. The summed E-state index contributed by atoms with van der Waals surface area (Å²) >= 11 is 0. The first-order valence-corrected chi connectivity index (χ1v) is 8.25. The fraction of sp³-hybridized carbons (Fsp3) is 0.263. The molecule has 132 valence electrons. The molecule has 6 heteroatoms. The van der Waals surface area contributed by atoms with Crippen molar-refractivity contribution in [3.8, 4) is 0 Å². The van der Waals surface area contributed by atoms with Crippen molar-refractivity contribution < 1.29 is 9.59 Å². The van der Waals surface area contributed by atoms with Gasteiger partial charge in [0.2, 0.25) is 5.91 Å². The number of nitrogen functional groups attached to an aromatic ring is 1. The van der Waals surface area contributed by atoms with Crippen LogP contribution < -0.4 is 21.7 Å². The van der Waals surface area contributed by atoms with Gasteiger partial charge in [-0.25, -0.2) is 4.79 Å². The van der Waals surface area contributed by atoms with Gasteiger partial charge >= 0.3 is 6.03 Å². The monoisotopic (exact) mass is 340 g/mol. The van der Waals surface area contributed by atoms with E-state index >= 15 is 0 Å². The molecule has 2 aromatic carbocycles. The molecule has 0 aliphatic heterocycles. The van der Waals surface area contributed by atoms with Gasteiger partial charge in [-0.2, -0.15) is 0 Å². The standard InChI is InChI=1S/C19H24N4O2/c1-13(2)21-19(25)23-17-10-6-5-9-16(17)22-18(24)12-11-14-7-3-4-8-15(14)20/h3-10,13H,11-12,20H2,1-2H3,(H,22,24)(H2,21,23,25). The van der Waals surface area contributed by atoms with Gasteiger partial charge < -0.3 is 21.7 Å². The highest BCUT2D eigenvalue weighted by Crippen LogP contribution is 2.21. The van der Waals surface area contributed by atoms with Crippen LogP contribution in [0.15, 0.2) is 48.5 Å². The van der Waals surface area contributed by atoms with Gasteiger partial charge in [0.05, 0.1) is 11.4 Å². The highest BCUT2D eigenvalue weighted by Gasteiger charge is 2.10. The predicted octanol–water partition coefficient (Wildman–Crippen LogP) is 3.37. The Morgan fingerprint density at radius 3 is 2.20 bits per heavy atom. The Labute approximate surface area is 147 Å². The number of nitrogens with one attached hydrogen (secondary N) is 3. The van der Waals surface area contributed by atoms with Crippen molar-refractivity contribution >= 4 is 29.0 Å². The lowest BCUT2D eigenvalue weighted by Gasteiger charge is -2.14. The van der Waals surface area contributed by atoms with Crippen LogP contribution in [0.1, 0.15) is 25.8 Å². The van der Waals surface area contributed by atoms with Gasteiger partial charge in [0.1, 0.15) is 0 Å². The number of benzene rings is 2. The maximum absolute atomic E-state index is 12.2. The Hall–Kier alpha value is -3.02. The third kappa shape index (κ3) is 5.84. The van der Waals surface area contributed by atoms with Crippen molar-refractivity contribution in [1.29, 1.82) is 0 Å². The molecule has 0 aromatic heterocycles. The van der Waals surface area contributed by atoms with Gasteiger partial charge in [0, 0.05) is 18.2 Å². The average Bonchev–Trinajstić information content (AvgIpc) is 2.55. The minimum atomic E-state index is -0.311. The largest absolute Gasteiger partial charge is 0.399 e. The summed E-state index contributed by atoms with van der Waals surface area (Å²) in [4.78, 5) is 24.1. The second kappa shape index (κ2) is 8.73. The molecule has 0 heterocycles. The summed E-state index contributed by atoms with van der Waals surface area (Å²) in [5, 5.41) is 8.33. The van der Waals surface area contributed by atoms with Crippen LogP contribution in [0.25, 0.3) is 0 Å². The minimum absolute atomic E-state index is 0.0260. The normalized spacial score (nSPS) is 10.4. The molecule has 0 spiro atoms. The number of urea groups is 1. The molecule has 2 aromatic rings. The first-order chi connectivity index (χ1) is 12.0. The molecule has 0 aliphatic carbocycles. The van der Waals surface area contributed by atoms with E-state index in [0.29, 0.717) is 29.9 Å². The molecule has 0 fully saturated rings. The van der Waals surface area contributed by atoms with Crippen molar-refractivity contribution in [3.63, 3.8) is 0 Å². The van der Waals surface area contributed by atoms with Crippen molar-refractivity contribution in [2.45, 2.75) is 32.7 Å². The molecule has 0 saturated carbocycles. The molecule has 0 saturated heterocycles. The highest BCUT2D eigenvalue weighted by molar-refractivity contribution is 5.99. The summed E-state index contributed by atoms with van der Waals surface area (Å²) in [5.74, 6) is -0.137. The number of hydrogen-bond donors (Lipinski definition) is 4. The maximum Gasteiger partial charge on any atom is 0.319 e. The quantitative estimate of drug-likeness (QED) is 0.607. The van der Waals surface area contributed by atoms with E-state index < -0.39 is 0 Å². The Bertz CT molecular complexity index is 744. The van der Waals surface area contributed by atoms with Crippen LogP contribution in [0.2, 0.25) is 0 Å². The summed E-state index contributed by atoms with van der Waals surface area (Å²) < 4.78 is 0. The first kappa shape index (κ1) is 18.3. The van der Waals surface area contributed by atoms with Gasteiger partial charge in [-0.05, 0) is 44.0 Å². The van der Waals surface area contributed by atoms with Crippen molar-refractivity contribution in [3.05, 3.63) is 54.1 Å². The van der Waals surface area contributed by atoms with Crippen LogP contribution in [0.5, 0.6) is 0 Å². The van der Waals surface area contributed by atoms with Crippen molar-refractivity contribution in [2.24, 2.45) is 0 Å². The molecule has 6 nitrogen and oxygen atoms in total. The summed E-state index contributed by atoms with van der Waals surface area (Å²) in [7, 11) is 0. The van der Waals surface area contributed by atoms with Crippen LogP contribution in [-0.4, -0.2) is 18.0 Å².